The normalized spacial score (nSPS) is 11.7. The summed E-state index contributed by atoms with van der Waals surface area (Å²) in [4.78, 5) is 15.4. The van der Waals surface area contributed by atoms with E-state index in [9.17, 15) is 13.2 Å². The first-order chi connectivity index (χ1) is 13.7. The van der Waals surface area contributed by atoms with Gasteiger partial charge in [0, 0.05) is 16.0 Å². The summed E-state index contributed by atoms with van der Waals surface area (Å²) in [6.45, 7) is 0. The number of thiazole rings is 1. The van der Waals surface area contributed by atoms with E-state index in [0.717, 1.165) is 0 Å². The van der Waals surface area contributed by atoms with Gasteiger partial charge in [0.15, 0.2) is 0 Å². The molecule has 4 rings (SSSR count). The van der Waals surface area contributed by atoms with Crippen LogP contribution >= 0.6 is 34.5 Å². The third-order valence-corrected chi connectivity index (χ3v) is 6.63. The maximum absolute atomic E-state index is 12.5. The van der Waals surface area contributed by atoms with Crippen LogP contribution in [0.25, 0.3) is 16.2 Å². The van der Waals surface area contributed by atoms with Crippen molar-refractivity contribution in [2.75, 3.05) is 4.72 Å². The third kappa shape index (κ3) is 3.79. The highest BCUT2D eigenvalue weighted by atomic mass is 35.5. The molecule has 2 aromatic carbocycles. The second-order valence-corrected chi connectivity index (χ2v) is 9.17. The number of rotatable bonds is 5. The van der Waals surface area contributed by atoms with Crippen molar-refractivity contribution < 1.29 is 18.3 Å². The summed E-state index contributed by atoms with van der Waals surface area (Å²) < 4.78 is 28.9. The summed E-state index contributed by atoms with van der Waals surface area (Å²) in [5.41, 5.74) is 1.29. The highest BCUT2D eigenvalue weighted by molar-refractivity contribution is 7.92. The van der Waals surface area contributed by atoms with Crippen molar-refractivity contribution in [1.82, 2.24) is 14.6 Å². The van der Waals surface area contributed by atoms with Gasteiger partial charge < -0.3 is 5.11 Å². The van der Waals surface area contributed by atoms with E-state index in [1.807, 2.05) is 0 Å². The predicted octanol–water partition coefficient (Wildman–Crippen LogP) is 4.26. The third-order valence-electron chi connectivity index (χ3n) is 3.93. The van der Waals surface area contributed by atoms with E-state index in [2.05, 4.69) is 14.8 Å². The Morgan fingerprint density at radius 3 is 2.52 bits per heavy atom. The van der Waals surface area contributed by atoms with Gasteiger partial charge in [-0.05, 0) is 42.5 Å². The fraction of sp³-hybridized carbons (Fsp3) is 0. The minimum Gasteiger partial charge on any atom is -0.478 e. The number of benzene rings is 2. The van der Waals surface area contributed by atoms with Crippen molar-refractivity contribution >= 4 is 61.4 Å². The molecule has 0 atom stereocenters. The van der Waals surface area contributed by atoms with Crippen LogP contribution in [0.1, 0.15) is 10.4 Å². The fourth-order valence-electron chi connectivity index (χ4n) is 2.56. The van der Waals surface area contributed by atoms with Crippen molar-refractivity contribution in [2.24, 2.45) is 0 Å². The van der Waals surface area contributed by atoms with Crippen molar-refractivity contribution in [2.45, 2.75) is 4.90 Å². The number of nitrogens with one attached hydrogen (secondary N) is 1. The van der Waals surface area contributed by atoms with Crippen molar-refractivity contribution in [1.29, 1.82) is 0 Å². The molecule has 0 aliphatic heterocycles. The topological polar surface area (TPSA) is 114 Å². The summed E-state index contributed by atoms with van der Waals surface area (Å²) in [7, 11) is -3.99. The molecule has 0 aliphatic carbocycles. The molecule has 2 heterocycles. The molecule has 12 heteroatoms. The molecule has 2 aromatic heterocycles. The number of aromatic carboxylic acids is 1. The molecule has 0 radical (unpaired) electrons. The average Bonchev–Trinajstić information content (AvgIpc) is 3.22. The molecule has 0 unspecified atom stereocenters. The van der Waals surface area contributed by atoms with Gasteiger partial charge in [-0.1, -0.05) is 23.2 Å². The molecule has 8 nitrogen and oxygen atoms in total. The van der Waals surface area contributed by atoms with Crippen molar-refractivity contribution in [3.8, 4) is 11.3 Å². The van der Waals surface area contributed by atoms with Crippen LogP contribution in [0.3, 0.4) is 0 Å². The number of carboxylic acids is 1. The average molecular weight is 469 g/mol. The Labute approximate surface area is 178 Å². The molecule has 0 bridgehead atoms. The lowest BCUT2D eigenvalue weighted by atomic mass is 10.2. The Kier molecular flexibility index (Phi) is 4.95. The number of anilines is 1. The van der Waals surface area contributed by atoms with E-state index >= 15 is 0 Å². The first kappa shape index (κ1) is 19.6. The van der Waals surface area contributed by atoms with E-state index < -0.39 is 16.0 Å². The molecule has 0 saturated carbocycles. The maximum atomic E-state index is 12.5. The van der Waals surface area contributed by atoms with Gasteiger partial charge in [0.05, 0.1) is 21.2 Å². The van der Waals surface area contributed by atoms with Crippen LogP contribution in [0.5, 0.6) is 0 Å². The van der Waals surface area contributed by atoms with Gasteiger partial charge in [0.1, 0.15) is 0 Å². The SMILES string of the molecule is O=C(O)c1ccc(S(=O)(=O)Nc2nc3scc(-c4ccc(Cl)cc4Cl)n3n2)cc1. The number of fused-ring (bicyclic) bond motifs is 1. The Morgan fingerprint density at radius 1 is 1.14 bits per heavy atom. The number of nitrogens with zero attached hydrogens (tertiary/aromatic N) is 3. The second kappa shape index (κ2) is 7.30. The summed E-state index contributed by atoms with van der Waals surface area (Å²) >= 11 is 13.5. The number of hydrogen-bond donors (Lipinski definition) is 2. The second-order valence-electron chi connectivity index (χ2n) is 5.81. The van der Waals surface area contributed by atoms with E-state index in [1.54, 1.807) is 23.6 Å². The molecule has 29 heavy (non-hydrogen) atoms. The van der Waals surface area contributed by atoms with Crippen LogP contribution in [-0.2, 0) is 10.0 Å². The molecule has 0 aliphatic rings. The highest BCUT2D eigenvalue weighted by Crippen LogP contribution is 2.33. The zero-order chi connectivity index (χ0) is 20.8. The van der Waals surface area contributed by atoms with E-state index in [0.29, 0.717) is 26.3 Å². The molecule has 0 amide bonds. The monoisotopic (exact) mass is 468 g/mol. The summed E-state index contributed by atoms with van der Waals surface area (Å²) in [5, 5.41) is 15.8. The van der Waals surface area contributed by atoms with Gasteiger partial charge in [-0.3, -0.25) is 0 Å². The fourth-order valence-corrected chi connectivity index (χ4v) is 4.83. The smallest absolute Gasteiger partial charge is 0.335 e. The number of hydrogen-bond acceptors (Lipinski definition) is 6. The van der Waals surface area contributed by atoms with E-state index in [1.165, 1.54) is 40.1 Å². The molecule has 0 saturated heterocycles. The zero-order valence-corrected chi connectivity index (χ0v) is 17.3. The van der Waals surface area contributed by atoms with E-state index in [4.69, 9.17) is 28.3 Å². The number of carbonyl (C=O) groups is 1. The minimum absolute atomic E-state index is 0.0194. The first-order valence-electron chi connectivity index (χ1n) is 7.90. The lowest BCUT2D eigenvalue weighted by Crippen LogP contribution is -2.14. The van der Waals surface area contributed by atoms with Crippen LogP contribution in [0.15, 0.2) is 52.7 Å². The van der Waals surface area contributed by atoms with Gasteiger partial charge in [-0.25, -0.2) is 22.4 Å². The first-order valence-corrected chi connectivity index (χ1v) is 11.0. The molecule has 148 valence electrons. The summed E-state index contributed by atoms with van der Waals surface area (Å²) in [6.07, 6.45) is 0. The Balaban J connectivity index is 1.67. The lowest BCUT2D eigenvalue weighted by molar-refractivity contribution is 0.0696. The van der Waals surface area contributed by atoms with E-state index in [-0.39, 0.29) is 16.4 Å². The summed E-state index contributed by atoms with van der Waals surface area (Å²) in [5.74, 6) is -1.27. The maximum Gasteiger partial charge on any atom is 0.335 e. The van der Waals surface area contributed by atoms with Crippen molar-refractivity contribution in [3.05, 3.63) is 63.5 Å². The predicted molar refractivity (Wildman–Crippen MR) is 111 cm³/mol. The minimum atomic E-state index is -3.99. The van der Waals surface area contributed by atoms with Crippen LogP contribution in [-0.4, -0.2) is 34.1 Å². The van der Waals surface area contributed by atoms with Crippen LogP contribution in [0.2, 0.25) is 10.0 Å². The standard InChI is InChI=1S/C17H10Cl2N4O4S2/c18-10-3-6-12(13(19)7-10)14-8-28-17-20-16(21-23(14)17)22-29(26,27)11-4-1-9(2-5-11)15(24)25/h1-8H,(H,21,22)(H,24,25). The van der Waals surface area contributed by atoms with Crippen LogP contribution < -0.4 is 4.72 Å². The molecule has 0 spiro atoms. The van der Waals surface area contributed by atoms with Crippen LogP contribution in [0, 0.1) is 0 Å². The Bertz CT molecular complexity index is 1350. The quantitative estimate of drug-likeness (QED) is 0.452. The Hall–Kier alpha value is -2.66. The number of aromatic nitrogens is 3. The molecule has 4 aromatic rings. The lowest BCUT2D eigenvalue weighted by Gasteiger charge is -2.05. The van der Waals surface area contributed by atoms with Gasteiger partial charge in [0.2, 0.25) is 4.96 Å². The summed E-state index contributed by atoms with van der Waals surface area (Å²) in [6, 6.07) is 9.83. The van der Waals surface area contributed by atoms with Gasteiger partial charge >= 0.3 is 5.97 Å². The van der Waals surface area contributed by atoms with Crippen LogP contribution in [0.4, 0.5) is 5.95 Å². The number of sulfonamides is 1. The zero-order valence-electron chi connectivity index (χ0n) is 14.2. The van der Waals surface area contributed by atoms with Gasteiger partial charge in [0.25, 0.3) is 16.0 Å². The molecular formula is C17H10Cl2N4O4S2. The molecule has 2 N–H and O–H groups in total. The van der Waals surface area contributed by atoms with Crippen molar-refractivity contribution in [3.63, 3.8) is 0 Å². The highest BCUT2D eigenvalue weighted by Gasteiger charge is 2.20. The largest absolute Gasteiger partial charge is 0.478 e. The van der Waals surface area contributed by atoms with Gasteiger partial charge in [-0.2, -0.15) is 4.98 Å². The number of carboxylic acid groups (broad SMARTS) is 1. The molecular weight excluding hydrogens is 459 g/mol. The number of halogens is 2. The molecule has 0 fully saturated rings. The Morgan fingerprint density at radius 2 is 1.86 bits per heavy atom. The van der Waals surface area contributed by atoms with Gasteiger partial charge in [-0.15, -0.1) is 16.4 Å².